The van der Waals surface area contributed by atoms with Crippen LogP contribution in [0.3, 0.4) is 0 Å². The molecule has 11 heteroatoms. The average Bonchev–Trinajstić information content (AvgIpc) is 2.55. The van der Waals surface area contributed by atoms with E-state index >= 15 is 0 Å². The van der Waals surface area contributed by atoms with Gasteiger partial charge in [-0.25, -0.2) is 17.7 Å². The number of rotatable bonds is 5. The van der Waals surface area contributed by atoms with E-state index < -0.39 is 21.5 Å². The second kappa shape index (κ2) is 7.00. The standard InChI is InChI=1S/C15H20N6O4S/c1-26(24,25)21-4-2-11(3-5-21)18-15-17-8-10-6-9(7-12(16)22)14(23)19-13(10)20-15/h6,8,11H,2-5,7H2,1H3,(H2,16,22)(H2,17,18,19,20,23). The molecule has 140 valence electrons. The first-order valence-corrected chi connectivity index (χ1v) is 9.96. The highest BCUT2D eigenvalue weighted by atomic mass is 32.2. The molecule has 3 rings (SSSR count). The van der Waals surface area contributed by atoms with Crippen LogP contribution in [0.5, 0.6) is 0 Å². The fourth-order valence-corrected chi connectivity index (χ4v) is 3.81. The molecule has 2 aromatic rings. The van der Waals surface area contributed by atoms with Gasteiger partial charge in [0, 0.05) is 36.3 Å². The summed E-state index contributed by atoms with van der Waals surface area (Å²) in [6.07, 6.45) is 3.89. The summed E-state index contributed by atoms with van der Waals surface area (Å²) in [7, 11) is -3.17. The van der Waals surface area contributed by atoms with E-state index in [4.69, 9.17) is 5.73 Å². The zero-order chi connectivity index (χ0) is 18.9. The number of amides is 1. The number of pyridine rings is 1. The first-order chi connectivity index (χ1) is 12.2. The van der Waals surface area contributed by atoms with Gasteiger partial charge in [-0.2, -0.15) is 4.98 Å². The number of hydrogen-bond donors (Lipinski definition) is 3. The molecule has 0 atom stereocenters. The molecule has 1 amide bonds. The molecule has 0 bridgehead atoms. The molecule has 0 spiro atoms. The second-order valence-electron chi connectivity index (χ2n) is 6.34. The van der Waals surface area contributed by atoms with Gasteiger partial charge in [-0.3, -0.25) is 9.59 Å². The van der Waals surface area contributed by atoms with E-state index in [0.29, 0.717) is 42.9 Å². The molecular weight excluding hydrogens is 360 g/mol. The first-order valence-electron chi connectivity index (χ1n) is 8.11. The van der Waals surface area contributed by atoms with E-state index in [0.717, 1.165) is 0 Å². The molecule has 1 aliphatic heterocycles. The van der Waals surface area contributed by atoms with Crippen LogP contribution in [-0.2, 0) is 21.2 Å². The lowest BCUT2D eigenvalue weighted by Crippen LogP contribution is -2.42. The van der Waals surface area contributed by atoms with Crippen molar-refractivity contribution in [3.05, 3.63) is 28.2 Å². The Hall–Kier alpha value is -2.53. The van der Waals surface area contributed by atoms with Crippen LogP contribution in [0, 0.1) is 0 Å². The van der Waals surface area contributed by atoms with Crippen molar-refractivity contribution in [3.63, 3.8) is 0 Å². The number of H-pyrrole nitrogens is 1. The molecule has 1 fully saturated rings. The Morgan fingerprint density at radius 3 is 2.73 bits per heavy atom. The number of anilines is 1. The van der Waals surface area contributed by atoms with Crippen LogP contribution in [0.1, 0.15) is 18.4 Å². The van der Waals surface area contributed by atoms with Crippen LogP contribution >= 0.6 is 0 Å². The zero-order valence-electron chi connectivity index (χ0n) is 14.2. The van der Waals surface area contributed by atoms with Gasteiger partial charge in [-0.15, -0.1) is 0 Å². The number of aromatic nitrogens is 3. The minimum Gasteiger partial charge on any atom is -0.369 e. The number of primary amides is 1. The maximum atomic E-state index is 12.0. The first kappa shape index (κ1) is 18.3. The third kappa shape index (κ3) is 4.17. The van der Waals surface area contributed by atoms with Crippen molar-refractivity contribution in [2.75, 3.05) is 24.7 Å². The van der Waals surface area contributed by atoms with Crippen molar-refractivity contribution in [2.45, 2.75) is 25.3 Å². The highest BCUT2D eigenvalue weighted by Gasteiger charge is 2.25. The Balaban J connectivity index is 1.74. The summed E-state index contributed by atoms with van der Waals surface area (Å²) in [6, 6.07) is 1.60. The van der Waals surface area contributed by atoms with Gasteiger partial charge in [0.15, 0.2) is 0 Å². The number of piperidine rings is 1. The second-order valence-corrected chi connectivity index (χ2v) is 8.33. The van der Waals surface area contributed by atoms with Crippen molar-refractivity contribution in [3.8, 4) is 0 Å². The summed E-state index contributed by atoms with van der Waals surface area (Å²) in [4.78, 5) is 34.1. The number of nitrogens with one attached hydrogen (secondary N) is 2. The van der Waals surface area contributed by atoms with E-state index in [1.54, 1.807) is 12.3 Å². The molecule has 0 saturated carbocycles. The molecule has 0 radical (unpaired) electrons. The summed E-state index contributed by atoms with van der Waals surface area (Å²) in [5, 5.41) is 3.77. The van der Waals surface area contributed by atoms with Gasteiger partial charge in [0.05, 0.1) is 12.7 Å². The van der Waals surface area contributed by atoms with Gasteiger partial charge in [0.2, 0.25) is 21.9 Å². The summed E-state index contributed by atoms with van der Waals surface area (Å²) in [5.74, 6) is -0.233. The molecular formula is C15H20N6O4S. The molecule has 0 aromatic carbocycles. The van der Waals surface area contributed by atoms with Gasteiger partial charge in [0.1, 0.15) is 5.65 Å². The quantitative estimate of drug-likeness (QED) is 0.613. The Kier molecular flexibility index (Phi) is 4.92. The summed E-state index contributed by atoms with van der Waals surface area (Å²) < 4.78 is 24.5. The molecule has 26 heavy (non-hydrogen) atoms. The Morgan fingerprint density at radius 2 is 2.12 bits per heavy atom. The van der Waals surface area contributed by atoms with Crippen LogP contribution in [0.4, 0.5) is 5.95 Å². The predicted octanol–water partition coefficient (Wildman–Crippen LogP) is -0.818. The zero-order valence-corrected chi connectivity index (χ0v) is 15.0. The van der Waals surface area contributed by atoms with Crippen LogP contribution in [0.2, 0.25) is 0 Å². The van der Waals surface area contributed by atoms with Gasteiger partial charge in [-0.05, 0) is 18.9 Å². The molecule has 0 unspecified atom stereocenters. The molecule has 4 N–H and O–H groups in total. The smallest absolute Gasteiger partial charge is 0.253 e. The number of nitrogens with zero attached hydrogens (tertiary/aromatic N) is 3. The van der Waals surface area contributed by atoms with Crippen molar-refractivity contribution in [1.82, 2.24) is 19.3 Å². The third-order valence-corrected chi connectivity index (χ3v) is 5.59. The van der Waals surface area contributed by atoms with Crippen LogP contribution < -0.4 is 16.6 Å². The Bertz CT molecular complexity index is 995. The highest BCUT2D eigenvalue weighted by Crippen LogP contribution is 2.17. The van der Waals surface area contributed by atoms with Crippen LogP contribution in [0.15, 0.2) is 17.1 Å². The highest BCUT2D eigenvalue weighted by molar-refractivity contribution is 7.88. The largest absolute Gasteiger partial charge is 0.369 e. The number of nitrogens with two attached hydrogens (primary N) is 1. The molecule has 1 saturated heterocycles. The van der Waals surface area contributed by atoms with Gasteiger partial charge in [0.25, 0.3) is 5.56 Å². The van der Waals surface area contributed by atoms with E-state index in [-0.39, 0.29) is 18.0 Å². The molecule has 1 aliphatic rings. The van der Waals surface area contributed by atoms with E-state index in [1.165, 1.54) is 10.6 Å². The van der Waals surface area contributed by atoms with Crippen molar-refractivity contribution in [2.24, 2.45) is 5.73 Å². The number of carbonyl (C=O) groups excluding carboxylic acids is 1. The van der Waals surface area contributed by atoms with Crippen LogP contribution in [-0.4, -0.2) is 59.0 Å². The minimum atomic E-state index is -3.17. The van der Waals surface area contributed by atoms with E-state index in [2.05, 4.69) is 20.3 Å². The SMILES string of the molecule is CS(=O)(=O)N1CCC(Nc2ncc3cc(CC(N)=O)c(=O)[nH]c3n2)CC1. The number of fused-ring (bicyclic) bond motifs is 1. The van der Waals surface area contributed by atoms with Crippen molar-refractivity contribution >= 4 is 32.9 Å². The Labute approximate surface area is 149 Å². The predicted molar refractivity (Wildman–Crippen MR) is 96.1 cm³/mol. The fourth-order valence-electron chi connectivity index (χ4n) is 2.94. The average molecular weight is 380 g/mol. The number of carbonyl (C=O) groups is 1. The summed E-state index contributed by atoms with van der Waals surface area (Å²) in [6.45, 7) is 0.884. The lowest BCUT2D eigenvalue weighted by Gasteiger charge is -2.30. The van der Waals surface area contributed by atoms with E-state index in [9.17, 15) is 18.0 Å². The molecule has 3 heterocycles. The molecule has 10 nitrogen and oxygen atoms in total. The molecule has 0 aliphatic carbocycles. The lowest BCUT2D eigenvalue weighted by molar-refractivity contribution is -0.117. The molecule has 2 aromatic heterocycles. The maximum absolute atomic E-state index is 12.0. The lowest BCUT2D eigenvalue weighted by atomic mass is 10.1. The summed E-state index contributed by atoms with van der Waals surface area (Å²) >= 11 is 0. The number of aromatic amines is 1. The van der Waals surface area contributed by atoms with E-state index in [1.807, 2.05) is 0 Å². The van der Waals surface area contributed by atoms with Crippen LogP contribution in [0.25, 0.3) is 11.0 Å². The number of hydrogen-bond acceptors (Lipinski definition) is 7. The van der Waals surface area contributed by atoms with Gasteiger partial charge in [-0.1, -0.05) is 0 Å². The normalized spacial score (nSPS) is 16.7. The fraction of sp³-hybridized carbons (Fsp3) is 0.467. The third-order valence-electron chi connectivity index (χ3n) is 4.29. The Morgan fingerprint density at radius 1 is 1.42 bits per heavy atom. The number of sulfonamides is 1. The van der Waals surface area contributed by atoms with Gasteiger partial charge >= 0.3 is 0 Å². The van der Waals surface area contributed by atoms with Crippen molar-refractivity contribution < 1.29 is 13.2 Å². The topological polar surface area (TPSA) is 151 Å². The monoisotopic (exact) mass is 380 g/mol. The van der Waals surface area contributed by atoms with Gasteiger partial charge < -0.3 is 16.0 Å². The summed E-state index contributed by atoms with van der Waals surface area (Å²) in [5.41, 5.74) is 5.34. The van der Waals surface area contributed by atoms with Crippen molar-refractivity contribution in [1.29, 1.82) is 0 Å². The maximum Gasteiger partial charge on any atom is 0.253 e. The minimum absolute atomic E-state index is 0.0475.